The highest BCUT2D eigenvalue weighted by molar-refractivity contribution is 7.99. The molecule has 0 radical (unpaired) electrons. The molecule has 0 bridgehead atoms. The van der Waals surface area contributed by atoms with Crippen molar-refractivity contribution in [1.82, 2.24) is 25.5 Å². The maximum absolute atomic E-state index is 4.11. The lowest BCUT2D eigenvalue weighted by Gasteiger charge is -2.05. The first-order chi connectivity index (χ1) is 11.3. The molecule has 2 aromatic heterocycles. The zero-order chi connectivity index (χ0) is 15.9. The average Bonchev–Trinajstić information content (AvgIpc) is 3.21. The van der Waals surface area contributed by atoms with Gasteiger partial charge in [0.15, 0.2) is 0 Å². The standard InChI is InChI=1S/C16H19N5S2.ClH/c1-13-8-11-22-15(13)12-17-9-5-10-23-16-18-19-20-21(16)14-6-3-2-4-7-14;/h2-4,6-8,11,17H,5,9-10,12H2,1H3;1H. The Morgan fingerprint density at radius 1 is 1.21 bits per heavy atom. The van der Waals surface area contributed by atoms with E-state index in [0.717, 1.165) is 36.1 Å². The molecule has 8 heteroatoms. The Labute approximate surface area is 156 Å². The van der Waals surface area contributed by atoms with E-state index >= 15 is 0 Å². The third-order valence-corrected chi connectivity index (χ3v) is 5.45. The van der Waals surface area contributed by atoms with Crippen LogP contribution in [0.2, 0.25) is 0 Å². The van der Waals surface area contributed by atoms with Gasteiger partial charge in [0.2, 0.25) is 5.16 Å². The van der Waals surface area contributed by atoms with E-state index in [4.69, 9.17) is 0 Å². The Morgan fingerprint density at radius 2 is 2.04 bits per heavy atom. The van der Waals surface area contributed by atoms with Gasteiger partial charge >= 0.3 is 0 Å². The van der Waals surface area contributed by atoms with Crippen molar-refractivity contribution in [3.8, 4) is 5.69 Å². The molecule has 5 nitrogen and oxygen atoms in total. The number of aromatic nitrogens is 4. The van der Waals surface area contributed by atoms with Gasteiger partial charge in [-0.1, -0.05) is 30.0 Å². The number of rotatable bonds is 8. The summed E-state index contributed by atoms with van der Waals surface area (Å²) < 4.78 is 1.78. The van der Waals surface area contributed by atoms with E-state index in [-0.39, 0.29) is 12.4 Å². The van der Waals surface area contributed by atoms with Crippen molar-refractivity contribution in [1.29, 1.82) is 0 Å². The van der Waals surface area contributed by atoms with Crippen LogP contribution in [0, 0.1) is 6.92 Å². The summed E-state index contributed by atoms with van der Waals surface area (Å²) in [7, 11) is 0. The molecule has 1 aromatic carbocycles. The van der Waals surface area contributed by atoms with Crippen LogP contribution in [-0.4, -0.2) is 32.5 Å². The van der Waals surface area contributed by atoms with Crippen LogP contribution in [0.4, 0.5) is 0 Å². The molecule has 1 N–H and O–H groups in total. The molecule has 0 unspecified atom stereocenters. The fourth-order valence-corrected chi connectivity index (χ4v) is 3.85. The zero-order valence-electron chi connectivity index (χ0n) is 13.4. The molecular formula is C16H20ClN5S2. The monoisotopic (exact) mass is 381 g/mol. The number of aryl methyl sites for hydroxylation is 1. The van der Waals surface area contributed by atoms with Gasteiger partial charge in [0.25, 0.3) is 0 Å². The average molecular weight is 382 g/mol. The number of nitrogens with zero attached hydrogens (tertiary/aromatic N) is 4. The van der Waals surface area contributed by atoms with E-state index in [1.54, 1.807) is 16.4 Å². The van der Waals surface area contributed by atoms with E-state index in [1.165, 1.54) is 10.4 Å². The molecule has 24 heavy (non-hydrogen) atoms. The third kappa shape index (κ3) is 5.04. The molecule has 0 aliphatic rings. The smallest absolute Gasteiger partial charge is 0.214 e. The van der Waals surface area contributed by atoms with Gasteiger partial charge in [0, 0.05) is 17.2 Å². The summed E-state index contributed by atoms with van der Waals surface area (Å²) >= 11 is 3.50. The molecule has 0 saturated heterocycles. The summed E-state index contributed by atoms with van der Waals surface area (Å²) in [6, 6.07) is 12.1. The second kappa shape index (κ2) is 9.78. The van der Waals surface area contributed by atoms with Crippen molar-refractivity contribution < 1.29 is 0 Å². The summed E-state index contributed by atoms with van der Waals surface area (Å²) in [5, 5.41) is 18.4. The fourth-order valence-electron chi connectivity index (χ4n) is 2.15. The number of halogens is 1. The van der Waals surface area contributed by atoms with Crippen LogP contribution in [0.1, 0.15) is 16.9 Å². The lowest BCUT2D eigenvalue weighted by Crippen LogP contribution is -2.15. The zero-order valence-corrected chi connectivity index (χ0v) is 15.8. The largest absolute Gasteiger partial charge is 0.312 e. The normalized spacial score (nSPS) is 10.5. The van der Waals surface area contributed by atoms with Crippen molar-refractivity contribution in [3.63, 3.8) is 0 Å². The molecule has 128 valence electrons. The number of hydrogen-bond donors (Lipinski definition) is 1. The topological polar surface area (TPSA) is 55.6 Å². The molecule has 0 fully saturated rings. The molecule has 0 atom stereocenters. The highest BCUT2D eigenvalue weighted by Gasteiger charge is 2.08. The van der Waals surface area contributed by atoms with Gasteiger partial charge in [-0.2, -0.15) is 4.68 Å². The van der Waals surface area contributed by atoms with Gasteiger partial charge in [0.1, 0.15) is 0 Å². The van der Waals surface area contributed by atoms with E-state index in [0.29, 0.717) is 0 Å². The maximum Gasteiger partial charge on any atom is 0.214 e. The van der Waals surface area contributed by atoms with Crippen LogP contribution in [0.15, 0.2) is 46.9 Å². The quantitative estimate of drug-likeness (QED) is 0.476. The van der Waals surface area contributed by atoms with Gasteiger partial charge in [0.05, 0.1) is 5.69 Å². The maximum atomic E-state index is 4.11. The Balaban J connectivity index is 0.00000208. The van der Waals surface area contributed by atoms with Crippen LogP contribution in [0.25, 0.3) is 5.69 Å². The summed E-state index contributed by atoms with van der Waals surface area (Å²) in [6.07, 6.45) is 1.08. The SMILES string of the molecule is Cc1ccsc1CNCCCSc1nnnn1-c1ccccc1.Cl. The third-order valence-electron chi connectivity index (χ3n) is 3.42. The Kier molecular flexibility index (Phi) is 7.71. The van der Waals surface area contributed by atoms with Crippen molar-refractivity contribution in [2.24, 2.45) is 0 Å². The van der Waals surface area contributed by atoms with Gasteiger partial charge in [-0.25, -0.2) is 0 Å². The molecule has 3 rings (SSSR count). The molecular weight excluding hydrogens is 362 g/mol. The Morgan fingerprint density at radius 3 is 2.79 bits per heavy atom. The summed E-state index contributed by atoms with van der Waals surface area (Å²) in [5.41, 5.74) is 2.37. The second-order valence-corrected chi connectivity index (χ2v) is 7.18. The number of benzene rings is 1. The summed E-state index contributed by atoms with van der Waals surface area (Å²) in [5.74, 6) is 0.990. The number of tetrazole rings is 1. The molecule has 3 aromatic rings. The molecule has 0 spiro atoms. The first-order valence-corrected chi connectivity index (χ1v) is 9.41. The number of hydrogen-bond acceptors (Lipinski definition) is 6. The first kappa shape index (κ1) is 18.9. The molecule has 0 amide bonds. The predicted molar refractivity (Wildman–Crippen MR) is 103 cm³/mol. The van der Waals surface area contributed by atoms with Gasteiger partial charge in [-0.15, -0.1) is 28.8 Å². The van der Waals surface area contributed by atoms with Gasteiger partial charge in [-0.05, 0) is 59.5 Å². The number of nitrogens with one attached hydrogen (secondary N) is 1. The highest BCUT2D eigenvalue weighted by atomic mass is 35.5. The Bertz CT molecular complexity index is 729. The van der Waals surface area contributed by atoms with Crippen molar-refractivity contribution in [3.05, 3.63) is 52.2 Å². The van der Waals surface area contributed by atoms with Gasteiger partial charge in [-0.3, -0.25) is 0 Å². The van der Waals surface area contributed by atoms with E-state index in [2.05, 4.69) is 39.2 Å². The van der Waals surface area contributed by atoms with E-state index < -0.39 is 0 Å². The fraction of sp³-hybridized carbons (Fsp3) is 0.312. The van der Waals surface area contributed by atoms with Crippen LogP contribution in [0.5, 0.6) is 0 Å². The lowest BCUT2D eigenvalue weighted by molar-refractivity contribution is 0.682. The van der Waals surface area contributed by atoms with E-state index in [9.17, 15) is 0 Å². The van der Waals surface area contributed by atoms with Crippen molar-refractivity contribution >= 4 is 35.5 Å². The van der Waals surface area contributed by atoms with Crippen LogP contribution >= 0.6 is 35.5 Å². The molecule has 2 heterocycles. The summed E-state index contributed by atoms with van der Waals surface area (Å²) in [4.78, 5) is 1.42. The van der Waals surface area contributed by atoms with Crippen LogP contribution in [0.3, 0.4) is 0 Å². The van der Waals surface area contributed by atoms with Crippen LogP contribution < -0.4 is 5.32 Å². The molecule has 0 saturated carbocycles. The van der Waals surface area contributed by atoms with E-state index in [1.807, 2.05) is 41.7 Å². The minimum absolute atomic E-state index is 0. The van der Waals surface area contributed by atoms with Crippen molar-refractivity contribution in [2.45, 2.75) is 25.0 Å². The predicted octanol–water partition coefficient (Wildman–Crippen LogP) is 3.73. The highest BCUT2D eigenvalue weighted by Crippen LogP contribution is 2.18. The van der Waals surface area contributed by atoms with Crippen molar-refractivity contribution in [2.75, 3.05) is 12.3 Å². The Hall–Kier alpha value is -1.41. The number of thiophene rings is 1. The van der Waals surface area contributed by atoms with Gasteiger partial charge < -0.3 is 5.32 Å². The number of para-hydroxylation sites is 1. The van der Waals surface area contributed by atoms with Crippen LogP contribution in [-0.2, 0) is 6.54 Å². The molecule has 0 aliphatic heterocycles. The second-order valence-electron chi connectivity index (χ2n) is 5.11. The minimum atomic E-state index is 0. The lowest BCUT2D eigenvalue weighted by atomic mass is 10.3. The minimum Gasteiger partial charge on any atom is -0.312 e. The number of thioether (sulfide) groups is 1. The first-order valence-electron chi connectivity index (χ1n) is 7.55. The molecule has 0 aliphatic carbocycles. The summed E-state index contributed by atoms with van der Waals surface area (Å²) in [6.45, 7) is 4.11.